The van der Waals surface area contributed by atoms with E-state index in [9.17, 15) is 9.59 Å². The summed E-state index contributed by atoms with van der Waals surface area (Å²) in [5.74, 6) is 0.376. The monoisotopic (exact) mass is 265 g/mol. The van der Waals surface area contributed by atoms with Gasteiger partial charge in [-0.25, -0.2) is 9.79 Å². The van der Waals surface area contributed by atoms with Crippen molar-refractivity contribution in [3.63, 3.8) is 0 Å². The van der Waals surface area contributed by atoms with Gasteiger partial charge < -0.3 is 5.32 Å². The Bertz CT molecular complexity index is 443. The molecule has 96 valence electrons. The van der Waals surface area contributed by atoms with Gasteiger partial charge in [-0.2, -0.15) is 4.99 Å². The van der Waals surface area contributed by atoms with Crippen LogP contribution >= 0.6 is 11.8 Å². The van der Waals surface area contributed by atoms with E-state index in [-0.39, 0.29) is 17.6 Å². The van der Waals surface area contributed by atoms with Crippen molar-refractivity contribution in [1.82, 2.24) is 5.32 Å². The Morgan fingerprint density at radius 1 is 1.56 bits per heavy atom. The fraction of sp³-hybridized carbons (Fsp3) is 0.500. The van der Waals surface area contributed by atoms with E-state index in [1.54, 1.807) is 6.08 Å². The number of fused-ring (bicyclic) bond motifs is 1. The van der Waals surface area contributed by atoms with E-state index in [1.165, 1.54) is 11.8 Å². The number of amides is 3. The second kappa shape index (κ2) is 5.95. The SMILES string of the molecule is C=CCNC(=O)CSC1=NC(=O)N=C2CCCC21. The average molecular weight is 265 g/mol. The van der Waals surface area contributed by atoms with Crippen molar-refractivity contribution >= 4 is 34.5 Å². The van der Waals surface area contributed by atoms with Gasteiger partial charge in [0.15, 0.2) is 0 Å². The quantitative estimate of drug-likeness (QED) is 0.788. The van der Waals surface area contributed by atoms with Gasteiger partial charge in [0.1, 0.15) is 0 Å². The van der Waals surface area contributed by atoms with Crippen molar-refractivity contribution < 1.29 is 9.59 Å². The lowest BCUT2D eigenvalue weighted by atomic mass is 10.1. The number of carbonyl (C=O) groups is 2. The van der Waals surface area contributed by atoms with Gasteiger partial charge in [0.25, 0.3) is 0 Å². The molecule has 1 fully saturated rings. The Labute approximate surface area is 110 Å². The third-order valence-corrected chi connectivity index (χ3v) is 3.94. The first kappa shape index (κ1) is 13.0. The Balaban J connectivity index is 1.91. The lowest BCUT2D eigenvalue weighted by Gasteiger charge is -2.16. The lowest BCUT2D eigenvalue weighted by Crippen LogP contribution is -2.28. The van der Waals surface area contributed by atoms with E-state index < -0.39 is 6.03 Å². The maximum Gasteiger partial charge on any atom is 0.367 e. The number of hydrogen-bond donors (Lipinski definition) is 1. The lowest BCUT2D eigenvalue weighted by molar-refractivity contribution is -0.118. The topological polar surface area (TPSA) is 70.9 Å². The van der Waals surface area contributed by atoms with E-state index in [4.69, 9.17) is 0 Å². The molecule has 0 bridgehead atoms. The number of thioether (sulfide) groups is 1. The molecule has 2 rings (SSSR count). The highest BCUT2D eigenvalue weighted by molar-refractivity contribution is 8.14. The molecule has 0 aromatic rings. The molecule has 3 amide bonds. The fourth-order valence-corrected chi connectivity index (χ4v) is 3.04. The van der Waals surface area contributed by atoms with Crippen LogP contribution in [0.5, 0.6) is 0 Å². The van der Waals surface area contributed by atoms with Crippen LogP contribution in [0.25, 0.3) is 0 Å². The summed E-state index contributed by atoms with van der Waals surface area (Å²) >= 11 is 1.34. The molecular formula is C12H15N3O2S. The molecule has 18 heavy (non-hydrogen) atoms. The minimum atomic E-state index is -0.433. The number of nitrogens with one attached hydrogen (secondary N) is 1. The van der Waals surface area contributed by atoms with Crippen LogP contribution in [0.3, 0.4) is 0 Å². The summed E-state index contributed by atoms with van der Waals surface area (Å²) in [6.45, 7) is 3.99. The van der Waals surface area contributed by atoms with E-state index in [0.717, 1.165) is 30.0 Å². The fourth-order valence-electron chi connectivity index (χ4n) is 2.06. The molecule has 0 saturated heterocycles. The molecule has 1 unspecified atom stereocenters. The third kappa shape index (κ3) is 3.07. The first-order valence-electron chi connectivity index (χ1n) is 5.91. The first-order valence-corrected chi connectivity index (χ1v) is 6.89. The summed E-state index contributed by atoms with van der Waals surface area (Å²) in [7, 11) is 0. The summed E-state index contributed by atoms with van der Waals surface area (Å²) in [6, 6.07) is -0.433. The summed E-state index contributed by atoms with van der Waals surface area (Å²) in [5, 5.41) is 3.44. The highest BCUT2D eigenvalue weighted by Gasteiger charge is 2.32. The molecule has 1 saturated carbocycles. The number of carbonyl (C=O) groups excluding carboxylic acids is 2. The van der Waals surface area contributed by atoms with Gasteiger partial charge in [0.05, 0.1) is 10.8 Å². The number of hydrogen-bond acceptors (Lipinski definition) is 3. The third-order valence-electron chi connectivity index (χ3n) is 2.87. The zero-order valence-corrected chi connectivity index (χ0v) is 10.8. The van der Waals surface area contributed by atoms with Crippen molar-refractivity contribution in [1.29, 1.82) is 0 Å². The number of rotatable bonds is 4. The molecule has 0 aromatic heterocycles. The van der Waals surface area contributed by atoms with Crippen molar-refractivity contribution in [2.75, 3.05) is 12.3 Å². The predicted octanol–water partition coefficient (Wildman–Crippen LogP) is 1.79. The molecule has 1 heterocycles. The molecule has 1 atom stereocenters. The zero-order valence-electron chi connectivity index (χ0n) is 10.0. The number of urea groups is 1. The van der Waals surface area contributed by atoms with Gasteiger partial charge in [-0.1, -0.05) is 6.08 Å². The molecule has 2 aliphatic rings. The summed E-state index contributed by atoms with van der Waals surface area (Å²) in [6.07, 6.45) is 4.52. The standard InChI is InChI=1S/C12H15N3O2S/c1-2-6-13-10(16)7-18-11-8-4-3-5-9(8)14-12(17)15-11/h2,8H,1,3-7H2,(H,13,16). The van der Waals surface area contributed by atoms with Crippen molar-refractivity contribution in [3.8, 4) is 0 Å². The Kier molecular flexibility index (Phi) is 4.30. The largest absolute Gasteiger partial charge is 0.367 e. The highest BCUT2D eigenvalue weighted by Crippen LogP contribution is 2.31. The molecule has 0 radical (unpaired) electrons. The normalized spacial score (nSPS) is 22.0. The second-order valence-electron chi connectivity index (χ2n) is 4.16. The van der Waals surface area contributed by atoms with Gasteiger partial charge in [-0.05, 0) is 19.3 Å². The average Bonchev–Trinajstić information content (AvgIpc) is 2.81. The molecule has 1 aliphatic carbocycles. The second-order valence-corrected chi connectivity index (χ2v) is 5.16. The number of aliphatic imine (C=N–C) groups is 2. The van der Waals surface area contributed by atoms with Crippen LogP contribution in [0, 0.1) is 5.92 Å². The van der Waals surface area contributed by atoms with E-state index in [0.29, 0.717) is 6.54 Å². The van der Waals surface area contributed by atoms with E-state index in [2.05, 4.69) is 21.9 Å². The molecule has 1 N–H and O–H groups in total. The zero-order chi connectivity index (χ0) is 13.0. The first-order chi connectivity index (χ1) is 8.70. The summed E-state index contributed by atoms with van der Waals surface area (Å²) in [5.41, 5.74) is 0.934. The van der Waals surface area contributed by atoms with Crippen LogP contribution < -0.4 is 5.32 Å². The van der Waals surface area contributed by atoms with Gasteiger partial charge in [0.2, 0.25) is 5.91 Å². The maximum atomic E-state index is 11.5. The molecule has 0 spiro atoms. The summed E-state index contributed by atoms with van der Waals surface area (Å²) < 4.78 is 0. The maximum absolute atomic E-state index is 11.5. The van der Waals surface area contributed by atoms with Crippen LogP contribution in [-0.2, 0) is 4.79 Å². The van der Waals surface area contributed by atoms with E-state index >= 15 is 0 Å². The minimum absolute atomic E-state index is 0.0721. The highest BCUT2D eigenvalue weighted by atomic mass is 32.2. The molecular weight excluding hydrogens is 250 g/mol. The van der Waals surface area contributed by atoms with Gasteiger partial charge in [-0.3, -0.25) is 4.79 Å². The molecule has 0 aromatic carbocycles. The smallest absolute Gasteiger partial charge is 0.352 e. The Morgan fingerprint density at radius 2 is 2.39 bits per heavy atom. The molecule has 6 heteroatoms. The van der Waals surface area contributed by atoms with Crippen molar-refractivity contribution in [3.05, 3.63) is 12.7 Å². The van der Waals surface area contributed by atoms with Crippen LogP contribution in [0.2, 0.25) is 0 Å². The van der Waals surface area contributed by atoms with Crippen LogP contribution in [0.4, 0.5) is 4.79 Å². The molecule has 5 nitrogen and oxygen atoms in total. The number of nitrogens with zero attached hydrogens (tertiary/aromatic N) is 2. The summed E-state index contributed by atoms with van der Waals surface area (Å²) in [4.78, 5) is 30.7. The Hall–Kier alpha value is -1.43. The van der Waals surface area contributed by atoms with E-state index in [1.807, 2.05) is 0 Å². The molecule has 1 aliphatic heterocycles. The predicted molar refractivity (Wildman–Crippen MR) is 73.3 cm³/mol. The van der Waals surface area contributed by atoms with Gasteiger partial charge in [-0.15, -0.1) is 18.3 Å². The van der Waals surface area contributed by atoms with Crippen LogP contribution in [0.1, 0.15) is 19.3 Å². The Morgan fingerprint density at radius 3 is 3.17 bits per heavy atom. The van der Waals surface area contributed by atoms with Crippen molar-refractivity contribution in [2.45, 2.75) is 19.3 Å². The van der Waals surface area contributed by atoms with Crippen molar-refractivity contribution in [2.24, 2.45) is 15.9 Å². The van der Waals surface area contributed by atoms with Gasteiger partial charge in [0, 0.05) is 18.2 Å². The van der Waals surface area contributed by atoms with Gasteiger partial charge >= 0.3 is 6.03 Å². The van der Waals surface area contributed by atoms with Crippen LogP contribution in [0.15, 0.2) is 22.6 Å². The minimum Gasteiger partial charge on any atom is -0.352 e. The van der Waals surface area contributed by atoms with Crippen LogP contribution in [-0.4, -0.2) is 35.0 Å².